The summed E-state index contributed by atoms with van der Waals surface area (Å²) in [7, 11) is -3.41. The van der Waals surface area contributed by atoms with Crippen molar-refractivity contribution in [2.24, 2.45) is 10.3 Å². The van der Waals surface area contributed by atoms with Crippen LogP contribution < -0.4 is 10.2 Å². The number of hydrogen-bond acceptors (Lipinski definition) is 6. The fraction of sp³-hybridized carbons (Fsp3) is 0.591. The lowest BCUT2D eigenvalue weighted by Crippen LogP contribution is -2.47. The van der Waals surface area contributed by atoms with E-state index in [1.54, 1.807) is 11.0 Å². The van der Waals surface area contributed by atoms with Gasteiger partial charge in [0, 0.05) is 36.1 Å². The number of anilines is 1. The summed E-state index contributed by atoms with van der Waals surface area (Å²) < 4.78 is 27.5. The second-order valence-corrected chi connectivity index (χ2v) is 11.8. The van der Waals surface area contributed by atoms with Crippen LogP contribution in [0.5, 0.6) is 0 Å². The summed E-state index contributed by atoms with van der Waals surface area (Å²) >= 11 is 1.29. The third kappa shape index (κ3) is 4.39. The van der Waals surface area contributed by atoms with Gasteiger partial charge in [0.2, 0.25) is 5.91 Å². The van der Waals surface area contributed by atoms with E-state index in [0.29, 0.717) is 30.4 Å². The zero-order valence-electron chi connectivity index (χ0n) is 18.0. The Balaban J connectivity index is 1.26. The maximum atomic E-state index is 13.2. The number of fused-ring (bicyclic) bond motifs is 3. The molecule has 1 aliphatic carbocycles. The van der Waals surface area contributed by atoms with Crippen molar-refractivity contribution in [2.45, 2.75) is 55.9 Å². The molecule has 0 aromatic heterocycles. The summed E-state index contributed by atoms with van der Waals surface area (Å²) in [6.45, 7) is 1.46. The number of sulfonamides is 1. The molecule has 4 aliphatic rings. The molecule has 0 bridgehead atoms. The lowest BCUT2D eigenvalue weighted by atomic mass is 9.92. The number of carbonyl (C=O) groups is 2. The first-order chi connectivity index (χ1) is 15.4. The number of rotatable bonds is 3. The highest BCUT2D eigenvalue weighted by molar-refractivity contribution is 8.15. The van der Waals surface area contributed by atoms with E-state index in [2.05, 4.69) is 9.71 Å². The van der Waals surface area contributed by atoms with Crippen LogP contribution in [0, 0.1) is 5.92 Å². The fourth-order valence-corrected chi connectivity index (χ4v) is 7.28. The molecule has 1 unspecified atom stereocenters. The monoisotopic (exact) mass is 476 g/mol. The second kappa shape index (κ2) is 8.70. The van der Waals surface area contributed by atoms with Crippen LogP contribution in [-0.2, 0) is 14.8 Å². The molecule has 3 heterocycles. The number of amidine groups is 1. The molecule has 1 aromatic rings. The minimum atomic E-state index is -3.41. The van der Waals surface area contributed by atoms with Crippen molar-refractivity contribution in [3.63, 3.8) is 0 Å². The fourth-order valence-electron chi connectivity index (χ4n) is 4.99. The highest BCUT2D eigenvalue weighted by Crippen LogP contribution is 2.42. The van der Waals surface area contributed by atoms with E-state index >= 15 is 0 Å². The maximum Gasteiger partial charge on any atom is 0.257 e. The zero-order valence-corrected chi connectivity index (χ0v) is 19.6. The number of carbonyl (C=O) groups excluding carboxylic acids is 2. The molecular formula is C22H28N4O4S2. The third-order valence-electron chi connectivity index (χ3n) is 6.75. The smallest absolute Gasteiger partial charge is 0.257 e. The van der Waals surface area contributed by atoms with Crippen molar-refractivity contribution < 1.29 is 18.0 Å². The molecule has 1 saturated heterocycles. The van der Waals surface area contributed by atoms with Crippen molar-refractivity contribution in [1.82, 2.24) is 10.2 Å². The predicted molar refractivity (Wildman–Crippen MR) is 125 cm³/mol. The third-order valence-corrected chi connectivity index (χ3v) is 9.06. The average molecular weight is 477 g/mol. The van der Waals surface area contributed by atoms with Gasteiger partial charge in [0.25, 0.3) is 15.9 Å². The van der Waals surface area contributed by atoms with E-state index in [9.17, 15) is 18.0 Å². The molecule has 0 spiro atoms. The van der Waals surface area contributed by atoms with Crippen LogP contribution in [-0.4, -0.2) is 61.7 Å². The van der Waals surface area contributed by atoms with Gasteiger partial charge in [-0.2, -0.15) is 0 Å². The van der Waals surface area contributed by atoms with Gasteiger partial charge >= 0.3 is 0 Å². The molecule has 8 nitrogen and oxygen atoms in total. The molecule has 1 atom stereocenters. The van der Waals surface area contributed by atoms with Crippen LogP contribution in [0.3, 0.4) is 0 Å². The first-order valence-corrected chi connectivity index (χ1v) is 13.8. The highest BCUT2D eigenvalue weighted by Gasteiger charge is 2.35. The predicted octanol–water partition coefficient (Wildman–Crippen LogP) is 2.60. The van der Waals surface area contributed by atoms with E-state index in [-0.39, 0.29) is 29.5 Å². The van der Waals surface area contributed by atoms with Crippen molar-refractivity contribution in [1.29, 1.82) is 0 Å². The van der Waals surface area contributed by atoms with Crippen molar-refractivity contribution in [3.05, 3.63) is 23.8 Å². The zero-order chi connectivity index (χ0) is 22.3. The Morgan fingerprint density at radius 3 is 2.69 bits per heavy atom. The summed E-state index contributed by atoms with van der Waals surface area (Å²) in [6.07, 6.45) is 7.33. The molecule has 2 fully saturated rings. The van der Waals surface area contributed by atoms with Gasteiger partial charge in [-0.1, -0.05) is 19.3 Å². The summed E-state index contributed by atoms with van der Waals surface area (Å²) in [5.41, 5.74) is 1.46. The van der Waals surface area contributed by atoms with E-state index in [0.717, 1.165) is 36.3 Å². The lowest BCUT2D eigenvalue weighted by Gasteiger charge is -2.33. The molecule has 2 amide bonds. The van der Waals surface area contributed by atoms with Gasteiger partial charge in [0.15, 0.2) is 5.17 Å². The largest absolute Gasteiger partial charge is 0.353 e. The summed E-state index contributed by atoms with van der Waals surface area (Å²) in [4.78, 5) is 30.5. The number of amides is 2. The van der Waals surface area contributed by atoms with Crippen LogP contribution >= 0.6 is 11.8 Å². The molecular weight excluding hydrogens is 448 g/mol. The average Bonchev–Trinajstić information content (AvgIpc) is 3.14. The molecule has 32 heavy (non-hydrogen) atoms. The number of benzene rings is 1. The molecule has 3 aliphatic heterocycles. The van der Waals surface area contributed by atoms with E-state index in [4.69, 9.17) is 0 Å². The Kier molecular flexibility index (Phi) is 5.92. The van der Waals surface area contributed by atoms with Gasteiger partial charge in [-0.05, 0) is 55.6 Å². The first kappa shape index (κ1) is 21.8. The molecule has 1 N–H and O–H groups in total. The summed E-state index contributed by atoms with van der Waals surface area (Å²) in [5.74, 6) is -0.167. The summed E-state index contributed by atoms with van der Waals surface area (Å²) in [5, 5.41) is 3.66. The highest BCUT2D eigenvalue weighted by atomic mass is 32.2. The maximum absolute atomic E-state index is 13.2. The van der Waals surface area contributed by atoms with E-state index < -0.39 is 10.0 Å². The SMILES string of the molecule is O=C(NC1CCCCC1)C1CCCN(C(=O)c2ccc3c(c2)SC2=NS(=O)(=O)CCN23)C1. The molecule has 172 valence electrons. The van der Waals surface area contributed by atoms with Gasteiger partial charge in [-0.15, -0.1) is 4.40 Å². The molecule has 1 saturated carbocycles. The number of hydrogen-bond donors (Lipinski definition) is 1. The minimum Gasteiger partial charge on any atom is -0.353 e. The van der Waals surface area contributed by atoms with Crippen LogP contribution in [0.2, 0.25) is 0 Å². The Hall–Kier alpha value is -2.07. The van der Waals surface area contributed by atoms with Crippen LogP contribution in [0.4, 0.5) is 5.69 Å². The number of nitrogens with one attached hydrogen (secondary N) is 1. The first-order valence-electron chi connectivity index (χ1n) is 11.4. The molecule has 5 rings (SSSR count). The van der Waals surface area contributed by atoms with Crippen LogP contribution in [0.15, 0.2) is 27.5 Å². The van der Waals surface area contributed by atoms with Crippen molar-refractivity contribution in [2.75, 3.05) is 30.3 Å². The van der Waals surface area contributed by atoms with Gasteiger partial charge in [0.1, 0.15) is 0 Å². The second-order valence-electron chi connectivity index (χ2n) is 9.03. The van der Waals surface area contributed by atoms with Crippen molar-refractivity contribution >= 4 is 44.5 Å². The van der Waals surface area contributed by atoms with Crippen LogP contribution in [0.1, 0.15) is 55.3 Å². The Labute approximate surface area is 192 Å². The number of nitrogens with zero attached hydrogens (tertiary/aromatic N) is 3. The quantitative estimate of drug-likeness (QED) is 0.720. The number of likely N-dealkylation sites (tertiary alicyclic amines) is 1. The van der Waals surface area contributed by atoms with Gasteiger partial charge in [0.05, 0.1) is 17.4 Å². The Morgan fingerprint density at radius 2 is 1.88 bits per heavy atom. The van der Waals surface area contributed by atoms with Gasteiger partial charge in [-0.25, -0.2) is 8.42 Å². The molecule has 1 aromatic carbocycles. The lowest BCUT2D eigenvalue weighted by molar-refractivity contribution is -0.127. The van der Waals surface area contributed by atoms with Gasteiger partial charge in [-0.3, -0.25) is 9.59 Å². The van der Waals surface area contributed by atoms with Gasteiger partial charge < -0.3 is 15.1 Å². The van der Waals surface area contributed by atoms with E-state index in [1.807, 2.05) is 17.0 Å². The van der Waals surface area contributed by atoms with Crippen molar-refractivity contribution in [3.8, 4) is 0 Å². The topological polar surface area (TPSA) is 99.1 Å². The molecule has 0 radical (unpaired) electrons. The number of thioether (sulfide) groups is 1. The summed E-state index contributed by atoms with van der Waals surface area (Å²) in [6, 6.07) is 5.76. The minimum absolute atomic E-state index is 0.00469. The number of piperidine rings is 1. The van der Waals surface area contributed by atoms with E-state index in [1.165, 1.54) is 31.0 Å². The standard InChI is InChI=1S/C22H28N4O4S2/c27-20(23-17-6-2-1-3-7-17)16-5-4-10-25(14-16)21(28)15-8-9-18-19(13-15)31-22-24-32(29,30)12-11-26(18)22/h8-9,13,16-17H,1-7,10-12,14H2,(H,23,27). The Morgan fingerprint density at radius 1 is 1.06 bits per heavy atom. The van der Waals surface area contributed by atoms with Crippen LogP contribution in [0.25, 0.3) is 0 Å². The normalized spacial score (nSPS) is 25.0. The molecule has 10 heteroatoms. The Bertz CT molecular complexity index is 1070.